The largest absolute Gasteiger partial charge is 0.457 e. The number of esters is 2. The van der Waals surface area contributed by atoms with Gasteiger partial charge in [-0.05, 0) is 127 Å². The van der Waals surface area contributed by atoms with E-state index in [1.165, 1.54) is 67.7 Å². The molecular formula is C50H40N4O11. The minimum absolute atomic E-state index is 0.0228. The molecule has 0 unspecified atom stereocenters. The minimum Gasteiger partial charge on any atom is -0.457 e. The Kier molecular flexibility index (Phi) is 14.5. The van der Waals surface area contributed by atoms with E-state index in [0.29, 0.717) is 16.9 Å². The molecule has 0 aliphatic heterocycles. The number of hydrogen-bond acceptors (Lipinski definition) is 11. The van der Waals surface area contributed by atoms with Crippen LogP contribution in [-0.4, -0.2) is 67.4 Å². The van der Waals surface area contributed by atoms with E-state index in [2.05, 4.69) is 34.4 Å². The van der Waals surface area contributed by atoms with E-state index >= 15 is 0 Å². The topological polar surface area (TPSA) is 212 Å². The van der Waals surface area contributed by atoms with Crippen molar-refractivity contribution in [2.24, 2.45) is 0 Å². The molecule has 0 spiro atoms. The van der Waals surface area contributed by atoms with Crippen LogP contribution in [0, 0.1) is 6.92 Å². The fourth-order valence-electron chi connectivity index (χ4n) is 6.14. The van der Waals surface area contributed by atoms with Crippen molar-refractivity contribution >= 4 is 75.0 Å². The van der Waals surface area contributed by atoms with Crippen molar-refractivity contribution in [1.29, 1.82) is 0 Å². The first-order valence-electron chi connectivity index (χ1n) is 19.7. The van der Waals surface area contributed by atoms with Crippen molar-refractivity contribution in [2.45, 2.75) is 6.92 Å². The number of nitrogens with one attached hydrogen (secondary N) is 4. The van der Waals surface area contributed by atoms with Crippen LogP contribution < -0.4 is 26.0 Å². The summed E-state index contributed by atoms with van der Waals surface area (Å²) in [5, 5.41) is 12.5. The SMILES string of the molecule is C=CC(=O)COC(=O)c1ccc(Oc2ccc(C(=O)OCC(=O)C=C)c(C(=O)Nc3ccc(C(=O)Nc4ccc5cc(NC(=O)c6ccc(C)cc6)ccc5c4)cc3)c2)cc1C(=O)NC. The first-order chi connectivity index (χ1) is 31.2. The molecule has 0 aliphatic carbocycles. The van der Waals surface area contributed by atoms with Gasteiger partial charge in [0.1, 0.15) is 11.5 Å². The van der Waals surface area contributed by atoms with Gasteiger partial charge >= 0.3 is 11.9 Å². The number of aryl methyl sites for hydroxylation is 1. The lowest BCUT2D eigenvalue weighted by molar-refractivity contribution is -0.118. The zero-order valence-corrected chi connectivity index (χ0v) is 35.0. The maximum atomic E-state index is 13.8. The highest BCUT2D eigenvalue weighted by molar-refractivity contribution is 6.12. The van der Waals surface area contributed by atoms with Gasteiger partial charge in [-0.1, -0.05) is 43.0 Å². The lowest BCUT2D eigenvalue weighted by Gasteiger charge is -2.14. The summed E-state index contributed by atoms with van der Waals surface area (Å²) in [5.41, 5.74) is 2.50. The number of hydrogen-bond donors (Lipinski definition) is 4. The summed E-state index contributed by atoms with van der Waals surface area (Å²) >= 11 is 0. The number of ketones is 2. The van der Waals surface area contributed by atoms with Crippen molar-refractivity contribution < 1.29 is 52.6 Å². The molecule has 0 atom stereocenters. The Morgan fingerprint density at radius 2 is 0.892 bits per heavy atom. The summed E-state index contributed by atoms with van der Waals surface area (Å²) in [6.45, 7) is 7.42. The first kappa shape index (κ1) is 45.5. The zero-order valence-electron chi connectivity index (χ0n) is 35.0. The van der Waals surface area contributed by atoms with E-state index in [9.17, 15) is 38.4 Å². The van der Waals surface area contributed by atoms with Crippen molar-refractivity contribution in [1.82, 2.24) is 5.32 Å². The predicted molar refractivity (Wildman–Crippen MR) is 243 cm³/mol. The number of fused-ring (bicyclic) bond motifs is 1. The van der Waals surface area contributed by atoms with Crippen molar-refractivity contribution in [2.75, 3.05) is 36.2 Å². The number of anilines is 3. The molecule has 6 aromatic rings. The van der Waals surface area contributed by atoms with Gasteiger partial charge in [0.05, 0.1) is 22.3 Å². The highest BCUT2D eigenvalue weighted by atomic mass is 16.5. The molecular weight excluding hydrogens is 833 g/mol. The molecule has 0 aromatic heterocycles. The Balaban J connectivity index is 1.16. The Morgan fingerprint density at radius 1 is 0.477 bits per heavy atom. The maximum absolute atomic E-state index is 13.8. The van der Waals surface area contributed by atoms with Crippen LogP contribution in [0.2, 0.25) is 0 Å². The van der Waals surface area contributed by atoms with Crippen molar-refractivity contribution in [3.8, 4) is 11.5 Å². The van der Waals surface area contributed by atoms with Crippen molar-refractivity contribution in [3.05, 3.63) is 186 Å². The smallest absolute Gasteiger partial charge is 0.339 e. The van der Waals surface area contributed by atoms with E-state index < -0.39 is 54.4 Å². The highest BCUT2D eigenvalue weighted by Gasteiger charge is 2.23. The third kappa shape index (κ3) is 11.7. The lowest BCUT2D eigenvalue weighted by Crippen LogP contribution is -2.22. The van der Waals surface area contributed by atoms with Crippen LogP contribution in [0.15, 0.2) is 147 Å². The second kappa shape index (κ2) is 20.7. The standard InChI is InChI=1S/C50H40N4O11/c1-5-37(55)27-63-49(61)41-21-19-39(25-43(41)47(59)51-4)65-40-20-22-42(50(62)64-28-38(56)6-2)44(26-40)48(60)52-34-15-11-31(12-16-34)46(58)54-36-18-14-32-23-35(17-13-33(32)24-36)53-45(57)30-9-7-29(3)8-10-30/h5-26H,1-2,27-28H2,3-4H3,(H,51,59)(H,52,60)(H,53,57)(H,54,58). The molecule has 15 nitrogen and oxygen atoms in total. The summed E-state index contributed by atoms with van der Waals surface area (Å²) < 4.78 is 16.1. The zero-order chi connectivity index (χ0) is 46.6. The van der Waals surface area contributed by atoms with E-state index in [-0.39, 0.29) is 50.9 Å². The summed E-state index contributed by atoms with van der Waals surface area (Å²) in [7, 11) is 1.35. The second-order valence-electron chi connectivity index (χ2n) is 14.2. The molecule has 65 heavy (non-hydrogen) atoms. The molecule has 0 bridgehead atoms. The monoisotopic (exact) mass is 872 g/mol. The molecule has 0 radical (unpaired) electrons. The number of carbonyl (C=O) groups excluding carboxylic acids is 8. The fourth-order valence-corrected chi connectivity index (χ4v) is 6.14. The normalized spacial score (nSPS) is 10.4. The Labute approximate surface area is 372 Å². The van der Waals surface area contributed by atoms with Gasteiger partial charge in [-0.3, -0.25) is 28.8 Å². The minimum atomic E-state index is -0.998. The van der Waals surface area contributed by atoms with Crippen LogP contribution in [-0.2, 0) is 19.1 Å². The third-order valence-electron chi connectivity index (χ3n) is 9.59. The molecule has 0 fully saturated rings. The van der Waals surface area contributed by atoms with Crippen LogP contribution in [0.4, 0.5) is 17.1 Å². The van der Waals surface area contributed by atoms with Crippen LogP contribution in [0.25, 0.3) is 10.8 Å². The molecule has 6 rings (SSSR count). The third-order valence-corrected chi connectivity index (χ3v) is 9.59. The Hall–Kier alpha value is -8.98. The van der Waals surface area contributed by atoms with E-state index in [4.69, 9.17) is 14.2 Å². The Bertz CT molecular complexity index is 2900. The average Bonchev–Trinajstić information content (AvgIpc) is 3.32. The van der Waals surface area contributed by atoms with Gasteiger partial charge in [-0.25, -0.2) is 9.59 Å². The van der Waals surface area contributed by atoms with Gasteiger partial charge in [-0.2, -0.15) is 0 Å². The van der Waals surface area contributed by atoms with Crippen molar-refractivity contribution in [3.63, 3.8) is 0 Å². The predicted octanol–water partition coefficient (Wildman–Crippen LogP) is 7.88. The van der Waals surface area contributed by atoms with Crippen LogP contribution in [0.5, 0.6) is 11.5 Å². The number of amides is 4. The van der Waals surface area contributed by atoms with E-state index in [1.807, 2.05) is 37.3 Å². The average molecular weight is 873 g/mol. The number of ether oxygens (including phenoxy) is 3. The lowest BCUT2D eigenvalue weighted by atomic mass is 10.1. The molecule has 0 saturated carbocycles. The van der Waals surface area contributed by atoms with E-state index in [0.717, 1.165) is 28.5 Å². The highest BCUT2D eigenvalue weighted by Crippen LogP contribution is 2.29. The number of rotatable bonds is 17. The van der Waals surface area contributed by atoms with Gasteiger partial charge in [0, 0.05) is 35.2 Å². The molecule has 0 saturated heterocycles. The molecule has 326 valence electrons. The van der Waals surface area contributed by atoms with Gasteiger partial charge in [0.25, 0.3) is 23.6 Å². The van der Waals surface area contributed by atoms with Crippen LogP contribution in [0.1, 0.15) is 67.7 Å². The van der Waals surface area contributed by atoms with E-state index in [1.54, 1.807) is 30.3 Å². The molecule has 0 heterocycles. The molecule has 4 amide bonds. The number of carbonyl (C=O) groups is 8. The first-order valence-corrected chi connectivity index (χ1v) is 19.7. The quantitative estimate of drug-likeness (QED) is 0.0511. The molecule has 0 aliphatic rings. The van der Waals surface area contributed by atoms with Gasteiger partial charge < -0.3 is 35.5 Å². The summed E-state index contributed by atoms with van der Waals surface area (Å²) in [6, 6.07) is 31.7. The summed E-state index contributed by atoms with van der Waals surface area (Å²) in [6.07, 6.45) is 1.97. The summed E-state index contributed by atoms with van der Waals surface area (Å²) in [4.78, 5) is 102. The number of benzene rings is 6. The Morgan fingerprint density at radius 3 is 1.34 bits per heavy atom. The summed E-state index contributed by atoms with van der Waals surface area (Å²) in [5.74, 6) is -5.11. The van der Waals surface area contributed by atoms with Gasteiger partial charge in [-0.15, -0.1) is 0 Å². The van der Waals surface area contributed by atoms with Gasteiger partial charge in [0.2, 0.25) is 0 Å². The van der Waals surface area contributed by atoms with Crippen LogP contribution >= 0.6 is 0 Å². The molecule has 4 N–H and O–H groups in total. The maximum Gasteiger partial charge on any atom is 0.339 e. The fraction of sp³-hybridized carbons (Fsp3) is 0.0800. The second-order valence-corrected chi connectivity index (χ2v) is 14.2. The van der Waals surface area contributed by atoms with Gasteiger partial charge in [0.15, 0.2) is 24.8 Å². The molecule has 15 heteroatoms. The molecule has 6 aromatic carbocycles. The van der Waals surface area contributed by atoms with Crippen LogP contribution in [0.3, 0.4) is 0 Å².